The fourth-order valence-electron chi connectivity index (χ4n) is 1.30. The van der Waals surface area contributed by atoms with Crippen molar-refractivity contribution in [2.75, 3.05) is 18.4 Å². The van der Waals surface area contributed by atoms with E-state index in [4.69, 9.17) is 11.0 Å². The minimum absolute atomic E-state index is 0.0581. The van der Waals surface area contributed by atoms with Gasteiger partial charge >= 0.3 is 5.69 Å². The highest BCUT2D eigenvalue weighted by Crippen LogP contribution is 2.27. The molecule has 84 valence electrons. The Kier molecular flexibility index (Phi) is 4.24. The number of para-hydroxylation sites is 1. The Morgan fingerprint density at radius 3 is 2.88 bits per heavy atom. The molecule has 0 unspecified atom stereocenters. The number of nitro benzene ring substituents is 1. The van der Waals surface area contributed by atoms with Crippen LogP contribution in [0.3, 0.4) is 0 Å². The number of benzene rings is 1. The van der Waals surface area contributed by atoms with Gasteiger partial charge in [-0.1, -0.05) is 6.07 Å². The van der Waals surface area contributed by atoms with Crippen LogP contribution < -0.4 is 11.1 Å². The molecule has 0 aliphatic heterocycles. The molecule has 0 fully saturated rings. The zero-order valence-electron chi connectivity index (χ0n) is 8.64. The van der Waals surface area contributed by atoms with Gasteiger partial charge in [0.2, 0.25) is 0 Å². The SMILES string of the molecule is N#Cc1cccc(NCCCN)c1[N+](=O)[O-]. The molecule has 0 amide bonds. The van der Waals surface area contributed by atoms with Crippen LogP contribution in [0.5, 0.6) is 0 Å². The highest BCUT2D eigenvalue weighted by atomic mass is 16.6. The van der Waals surface area contributed by atoms with Crippen LogP contribution in [0.2, 0.25) is 0 Å². The van der Waals surface area contributed by atoms with Gasteiger partial charge in [-0.3, -0.25) is 10.1 Å². The minimum Gasteiger partial charge on any atom is -0.379 e. The molecule has 3 N–H and O–H groups in total. The fourth-order valence-corrected chi connectivity index (χ4v) is 1.30. The van der Waals surface area contributed by atoms with Crippen molar-refractivity contribution < 1.29 is 4.92 Å². The van der Waals surface area contributed by atoms with E-state index < -0.39 is 4.92 Å². The third-order valence-corrected chi connectivity index (χ3v) is 2.04. The number of hydrogen-bond acceptors (Lipinski definition) is 5. The summed E-state index contributed by atoms with van der Waals surface area (Å²) in [6.07, 6.45) is 0.716. The van der Waals surface area contributed by atoms with E-state index in [1.54, 1.807) is 18.2 Å². The lowest BCUT2D eigenvalue weighted by atomic mass is 10.1. The number of rotatable bonds is 5. The second-order valence-electron chi connectivity index (χ2n) is 3.14. The predicted octanol–water partition coefficient (Wildman–Crippen LogP) is 1.23. The van der Waals surface area contributed by atoms with E-state index in [0.717, 1.165) is 0 Å². The van der Waals surface area contributed by atoms with Gasteiger partial charge in [0, 0.05) is 6.54 Å². The van der Waals surface area contributed by atoms with Crippen LogP contribution in [0, 0.1) is 21.4 Å². The standard InChI is InChI=1S/C10H12N4O2/c11-5-2-6-13-9-4-1-3-8(7-12)10(9)14(15)16/h1,3-4,13H,2,5-6,11H2. The molecule has 16 heavy (non-hydrogen) atoms. The molecule has 0 spiro atoms. The number of anilines is 1. The Morgan fingerprint density at radius 2 is 2.31 bits per heavy atom. The molecule has 6 nitrogen and oxygen atoms in total. The molecule has 0 bridgehead atoms. The fraction of sp³-hybridized carbons (Fsp3) is 0.300. The Labute approximate surface area is 92.8 Å². The lowest BCUT2D eigenvalue weighted by Crippen LogP contribution is -2.10. The number of nitrogens with zero attached hydrogens (tertiary/aromatic N) is 2. The van der Waals surface area contributed by atoms with E-state index in [-0.39, 0.29) is 11.3 Å². The number of nitro groups is 1. The Hall–Kier alpha value is -2.13. The van der Waals surface area contributed by atoms with Gasteiger partial charge in [0.05, 0.1) is 4.92 Å². The molecule has 0 atom stereocenters. The highest BCUT2D eigenvalue weighted by Gasteiger charge is 2.18. The van der Waals surface area contributed by atoms with E-state index in [1.165, 1.54) is 6.07 Å². The van der Waals surface area contributed by atoms with Gasteiger partial charge in [-0.25, -0.2) is 0 Å². The molecule has 1 aromatic rings. The van der Waals surface area contributed by atoms with Gasteiger partial charge < -0.3 is 11.1 Å². The van der Waals surface area contributed by atoms with Gasteiger partial charge in [0.1, 0.15) is 17.3 Å². The molecule has 0 radical (unpaired) electrons. The molecular weight excluding hydrogens is 208 g/mol. The lowest BCUT2D eigenvalue weighted by molar-refractivity contribution is -0.384. The van der Waals surface area contributed by atoms with E-state index >= 15 is 0 Å². The largest absolute Gasteiger partial charge is 0.379 e. The average Bonchev–Trinajstić information content (AvgIpc) is 2.28. The van der Waals surface area contributed by atoms with Crippen molar-refractivity contribution in [2.24, 2.45) is 5.73 Å². The maximum atomic E-state index is 10.8. The van der Waals surface area contributed by atoms with Gasteiger partial charge in [-0.15, -0.1) is 0 Å². The molecule has 6 heteroatoms. The molecule has 1 aromatic carbocycles. The Balaban J connectivity index is 2.99. The molecular formula is C10H12N4O2. The quantitative estimate of drug-likeness (QED) is 0.441. The van der Waals surface area contributed by atoms with Crippen molar-refractivity contribution in [1.82, 2.24) is 0 Å². The second-order valence-corrected chi connectivity index (χ2v) is 3.14. The number of nitrogens with one attached hydrogen (secondary N) is 1. The minimum atomic E-state index is -0.552. The average molecular weight is 220 g/mol. The number of hydrogen-bond donors (Lipinski definition) is 2. The summed E-state index contributed by atoms with van der Waals surface area (Å²) in [5.41, 5.74) is 5.56. The summed E-state index contributed by atoms with van der Waals surface area (Å²) in [5.74, 6) is 0. The van der Waals surface area contributed by atoms with Crippen LogP contribution in [0.1, 0.15) is 12.0 Å². The van der Waals surface area contributed by atoms with E-state index in [2.05, 4.69) is 5.32 Å². The van der Waals surface area contributed by atoms with Gasteiger partial charge in [-0.2, -0.15) is 5.26 Å². The zero-order chi connectivity index (χ0) is 12.0. The topological polar surface area (TPSA) is 105 Å². The zero-order valence-corrected chi connectivity index (χ0v) is 8.64. The molecule has 0 saturated carbocycles. The van der Waals surface area contributed by atoms with Crippen LogP contribution in [-0.2, 0) is 0 Å². The first-order chi connectivity index (χ1) is 7.70. The number of nitrogens with two attached hydrogens (primary N) is 1. The van der Waals surface area contributed by atoms with E-state index in [1.807, 2.05) is 0 Å². The summed E-state index contributed by atoms with van der Waals surface area (Å²) < 4.78 is 0. The van der Waals surface area contributed by atoms with Crippen LogP contribution in [0.4, 0.5) is 11.4 Å². The summed E-state index contributed by atoms with van der Waals surface area (Å²) in [7, 11) is 0. The van der Waals surface area contributed by atoms with Crippen molar-refractivity contribution in [2.45, 2.75) is 6.42 Å². The van der Waals surface area contributed by atoms with Crippen molar-refractivity contribution in [3.8, 4) is 6.07 Å². The summed E-state index contributed by atoms with van der Waals surface area (Å²) in [5, 5.41) is 22.5. The van der Waals surface area contributed by atoms with Gasteiger partial charge in [0.15, 0.2) is 0 Å². The summed E-state index contributed by atoms with van der Waals surface area (Å²) in [4.78, 5) is 10.3. The van der Waals surface area contributed by atoms with Crippen LogP contribution in [0.15, 0.2) is 18.2 Å². The van der Waals surface area contributed by atoms with Gasteiger partial charge in [-0.05, 0) is 25.1 Å². The third-order valence-electron chi connectivity index (χ3n) is 2.04. The van der Waals surface area contributed by atoms with Crippen LogP contribution >= 0.6 is 0 Å². The molecule has 0 saturated heterocycles. The summed E-state index contributed by atoms with van der Waals surface area (Å²) in [6, 6.07) is 6.41. The van der Waals surface area contributed by atoms with Crippen LogP contribution in [0.25, 0.3) is 0 Å². The molecule has 1 rings (SSSR count). The third kappa shape index (κ3) is 2.68. The lowest BCUT2D eigenvalue weighted by Gasteiger charge is -2.06. The molecule has 0 aliphatic carbocycles. The van der Waals surface area contributed by atoms with Crippen LogP contribution in [-0.4, -0.2) is 18.0 Å². The first-order valence-corrected chi connectivity index (χ1v) is 4.82. The first-order valence-electron chi connectivity index (χ1n) is 4.82. The van der Waals surface area contributed by atoms with Crippen molar-refractivity contribution in [1.29, 1.82) is 5.26 Å². The smallest absolute Gasteiger partial charge is 0.309 e. The number of nitriles is 1. The summed E-state index contributed by atoms with van der Waals surface area (Å²) >= 11 is 0. The maximum Gasteiger partial charge on any atom is 0.309 e. The predicted molar refractivity (Wildman–Crippen MR) is 60.0 cm³/mol. The van der Waals surface area contributed by atoms with Crippen molar-refractivity contribution >= 4 is 11.4 Å². The molecule has 0 heterocycles. The first kappa shape index (κ1) is 11.9. The Bertz CT molecular complexity index is 425. The normalized spacial score (nSPS) is 9.50. The molecule has 0 aromatic heterocycles. The monoisotopic (exact) mass is 220 g/mol. The highest BCUT2D eigenvalue weighted by molar-refractivity contribution is 5.68. The van der Waals surface area contributed by atoms with Gasteiger partial charge in [0.25, 0.3) is 0 Å². The van der Waals surface area contributed by atoms with E-state index in [9.17, 15) is 10.1 Å². The van der Waals surface area contributed by atoms with E-state index in [0.29, 0.717) is 25.2 Å². The van der Waals surface area contributed by atoms with Crippen molar-refractivity contribution in [3.05, 3.63) is 33.9 Å². The summed E-state index contributed by atoms with van der Waals surface area (Å²) in [6.45, 7) is 1.06. The second kappa shape index (κ2) is 5.68. The van der Waals surface area contributed by atoms with Crippen molar-refractivity contribution in [3.63, 3.8) is 0 Å². The maximum absolute atomic E-state index is 10.8. The molecule has 0 aliphatic rings. The Morgan fingerprint density at radius 1 is 1.56 bits per heavy atom.